The van der Waals surface area contributed by atoms with Gasteiger partial charge in [-0.1, -0.05) is 24.3 Å². The Bertz CT molecular complexity index is 550. The van der Waals surface area contributed by atoms with E-state index in [0.717, 1.165) is 5.56 Å². The maximum atomic E-state index is 12.2. The molecule has 1 aliphatic heterocycles. The second-order valence-electron chi connectivity index (χ2n) is 4.54. The topological polar surface area (TPSA) is 35.5 Å². The zero-order valence-corrected chi connectivity index (χ0v) is 12.2. The second-order valence-corrected chi connectivity index (χ2v) is 4.81. The monoisotopic (exact) mass is 292 g/mol. The molecule has 1 unspecified atom stereocenters. The van der Waals surface area contributed by atoms with Crippen LogP contribution < -0.4 is 4.74 Å². The Morgan fingerprint density at radius 3 is 2.90 bits per heavy atom. The molecule has 1 heterocycles. The van der Waals surface area contributed by atoms with Gasteiger partial charge in [0.1, 0.15) is 5.75 Å². The van der Waals surface area contributed by atoms with E-state index in [1.807, 2.05) is 24.3 Å². The third kappa shape index (κ3) is 2.59. The van der Waals surface area contributed by atoms with Gasteiger partial charge < -0.3 is 9.47 Å². The Morgan fingerprint density at radius 1 is 1.50 bits per heavy atom. The highest BCUT2D eigenvalue weighted by atomic mass is 35.5. The van der Waals surface area contributed by atoms with Gasteiger partial charge in [0.25, 0.3) is 0 Å². The van der Waals surface area contributed by atoms with Gasteiger partial charge in [0.05, 0.1) is 18.1 Å². The lowest BCUT2D eigenvalue weighted by molar-refractivity contribution is -0.140. The fourth-order valence-electron chi connectivity index (χ4n) is 2.24. The first kappa shape index (κ1) is 14.7. The van der Waals surface area contributed by atoms with Crippen LogP contribution in [-0.4, -0.2) is 24.1 Å². The number of ether oxygens (including phenoxy) is 2. The van der Waals surface area contributed by atoms with Gasteiger partial charge in [0.15, 0.2) is 5.60 Å². The third-order valence-corrected chi connectivity index (χ3v) is 3.63. The first-order chi connectivity index (χ1) is 9.66. The molecule has 0 aliphatic carbocycles. The Labute approximate surface area is 123 Å². The van der Waals surface area contributed by atoms with Gasteiger partial charge in [-0.25, -0.2) is 4.79 Å². The second kappa shape index (κ2) is 6.14. The Kier molecular flexibility index (Phi) is 4.50. The smallest absolute Gasteiger partial charge is 0.338 e. The normalized spacial score (nSPS) is 20.4. The average molecular weight is 293 g/mol. The van der Waals surface area contributed by atoms with Crippen molar-refractivity contribution in [2.75, 3.05) is 12.5 Å². The molecule has 0 N–H and O–H groups in total. The van der Waals surface area contributed by atoms with E-state index >= 15 is 0 Å². The highest BCUT2D eigenvalue weighted by molar-refractivity contribution is 6.19. The predicted octanol–water partition coefficient (Wildman–Crippen LogP) is 3.58. The molecule has 0 amide bonds. The summed E-state index contributed by atoms with van der Waals surface area (Å²) < 4.78 is 11.1. The number of para-hydroxylation sites is 1. The van der Waals surface area contributed by atoms with Crippen molar-refractivity contribution in [3.8, 4) is 5.75 Å². The fourth-order valence-corrected chi connectivity index (χ4v) is 2.55. The quantitative estimate of drug-likeness (QED) is 0.473. The molecule has 3 nitrogen and oxygen atoms in total. The molecule has 0 saturated carbocycles. The van der Waals surface area contributed by atoms with E-state index in [4.69, 9.17) is 21.1 Å². The average Bonchev–Trinajstić information content (AvgIpc) is 2.47. The van der Waals surface area contributed by atoms with E-state index in [9.17, 15) is 4.79 Å². The van der Waals surface area contributed by atoms with Crippen molar-refractivity contribution in [2.45, 2.75) is 18.9 Å². The molecule has 1 aromatic rings. The van der Waals surface area contributed by atoms with E-state index < -0.39 is 11.6 Å². The minimum Gasteiger partial charge on any atom is -0.480 e. The highest BCUT2D eigenvalue weighted by Crippen LogP contribution is 2.39. The molecule has 1 aliphatic rings. The number of alkyl halides is 1. The van der Waals surface area contributed by atoms with E-state index in [-0.39, 0.29) is 5.88 Å². The van der Waals surface area contributed by atoms with Crippen molar-refractivity contribution in [3.05, 3.63) is 48.1 Å². The molecule has 1 atom stereocenters. The fraction of sp³-hybridized carbons (Fsp3) is 0.312. The maximum absolute atomic E-state index is 12.2. The number of carbonyl (C=O) groups excluding carboxylic acids is 1. The van der Waals surface area contributed by atoms with Crippen molar-refractivity contribution in [3.63, 3.8) is 0 Å². The highest BCUT2D eigenvalue weighted by Gasteiger charge is 2.42. The summed E-state index contributed by atoms with van der Waals surface area (Å²) in [5, 5.41) is 0. The Morgan fingerprint density at radius 2 is 2.25 bits per heavy atom. The molecule has 0 bridgehead atoms. The molecule has 0 radical (unpaired) electrons. The van der Waals surface area contributed by atoms with Crippen molar-refractivity contribution in [1.29, 1.82) is 0 Å². The zero-order valence-electron chi connectivity index (χ0n) is 11.4. The lowest BCUT2D eigenvalue weighted by Crippen LogP contribution is -2.44. The van der Waals surface area contributed by atoms with E-state index in [0.29, 0.717) is 24.4 Å². The van der Waals surface area contributed by atoms with E-state index in [2.05, 4.69) is 6.58 Å². The van der Waals surface area contributed by atoms with Crippen LogP contribution in [0.5, 0.6) is 5.75 Å². The number of fused-ring (bicyclic) bond motifs is 1. The third-order valence-electron chi connectivity index (χ3n) is 3.20. The van der Waals surface area contributed by atoms with Crippen LogP contribution in [0.4, 0.5) is 0 Å². The van der Waals surface area contributed by atoms with Gasteiger partial charge in [0.2, 0.25) is 0 Å². The van der Waals surface area contributed by atoms with Crippen LogP contribution in [-0.2, 0) is 9.53 Å². The Hall–Kier alpha value is -1.74. The first-order valence-electron chi connectivity index (χ1n) is 6.51. The number of hydrogen-bond acceptors (Lipinski definition) is 3. The minimum atomic E-state index is -0.913. The summed E-state index contributed by atoms with van der Waals surface area (Å²) in [5.41, 5.74) is 0.373. The van der Waals surface area contributed by atoms with Gasteiger partial charge in [-0.15, -0.1) is 18.2 Å². The number of hydrogen-bond donors (Lipinski definition) is 0. The van der Waals surface area contributed by atoms with Crippen LogP contribution in [0.15, 0.2) is 42.5 Å². The molecule has 2 rings (SSSR count). The molecule has 0 aromatic heterocycles. The van der Waals surface area contributed by atoms with Crippen LogP contribution in [0.3, 0.4) is 0 Å². The molecular formula is C16H17ClO3. The summed E-state index contributed by atoms with van der Waals surface area (Å²) in [6.07, 6.45) is 3.93. The van der Waals surface area contributed by atoms with Gasteiger partial charge in [0, 0.05) is 12.0 Å². The standard InChI is InChI=1S/C16H17ClO3/c1-3-9-16(11-17)13(15(18)19-4-2)10-12-7-5-6-8-14(12)20-16/h3,5-8,10H,1,4,9,11H2,2H3. The van der Waals surface area contributed by atoms with Crippen LogP contribution in [0, 0.1) is 0 Å². The zero-order chi connectivity index (χ0) is 14.6. The number of rotatable bonds is 5. The maximum Gasteiger partial charge on any atom is 0.338 e. The van der Waals surface area contributed by atoms with Gasteiger partial charge in [-0.2, -0.15) is 0 Å². The summed E-state index contributed by atoms with van der Waals surface area (Å²) in [5.74, 6) is 0.463. The summed E-state index contributed by atoms with van der Waals surface area (Å²) in [6, 6.07) is 7.52. The van der Waals surface area contributed by atoms with Gasteiger partial charge in [-0.3, -0.25) is 0 Å². The molecule has 4 heteroatoms. The van der Waals surface area contributed by atoms with Crippen LogP contribution >= 0.6 is 11.6 Å². The summed E-state index contributed by atoms with van der Waals surface area (Å²) in [4.78, 5) is 12.2. The molecule has 1 aromatic carbocycles. The SMILES string of the molecule is C=CCC1(CCl)Oc2ccccc2C=C1C(=O)OCC. The van der Waals surface area contributed by atoms with Crippen molar-refractivity contribution >= 4 is 23.6 Å². The minimum absolute atomic E-state index is 0.151. The largest absolute Gasteiger partial charge is 0.480 e. The molecule has 0 spiro atoms. The molecule has 106 valence electrons. The first-order valence-corrected chi connectivity index (χ1v) is 7.04. The summed E-state index contributed by atoms with van der Waals surface area (Å²) in [7, 11) is 0. The van der Waals surface area contributed by atoms with E-state index in [1.54, 1.807) is 19.1 Å². The molecule has 20 heavy (non-hydrogen) atoms. The van der Waals surface area contributed by atoms with Crippen LogP contribution in [0.2, 0.25) is 0 Å². The number of benzene rings is 1. The number of carbonyl (C=O) groups is 1. The molecular weight excluding hydrogens is 276 g/mol. The lowest BCUT2D eigenvalue weighted by atomic mass is 9.87. The van der Waals surface area contributed by atoms with Crippen molar-refractivity contribution in [2.24, 2.45) is 0 Å². The molecule has 0 fully saturated rings. The number of esters is 1. The lowest BCUT2D eigenvalue weighted by Gasteiger charge is -2.36. The van der Waals surface area contributed by atoms with E-state index in [1.165, 1.54) is 0 Å². The predicted molar refractivity (Wildman–Crippen MR) is 79.9 cm³/mol. The van der Waals surface area contributed by atoms with Crippen LogP contribution in [0.25, 0.3) is 6.08 Å². The van der Waals surface area contributed by atoms with Gasteiger partial charge in [-0.05, 0) is 19.1 Å². The number of halogens is 1. The van der Waals surface area contributed by atoms with Crippen molar-refractivity contribution in [1.82, 2.24) is 0 Å². The molecule has 0 saturated heterocycles. The van der Waals surface area contributed by atoms with Crippen molar-refractivity contribution < 1.29 is 14.3 Å². The summed E-state index contributed by atoms with van der Waals surface area (Å²) in [6.45, 7) is 5.81. The Balaban J connectivity index is 2.52. The summed E-state index contributed by atoms with van der Waals surface area (Å²) >= 11 is 6.10. The van der Waals surface area contributed by atoms with Crippen LogP contribution in [0.1, 0.15) is 18.9 Å². The van der Waals surface area contributed by atoms with Gasteiger partial charge >= 0.3 is 5.97 Å².